The molecule has 1 unspecified atom stereocenters. The number of hydrogen-bond acceptors (Lipinski definition) is 1. The minimum absolute atomic E-state index is 0.192. The molecule has 3 heteroatoms. The van der Waals surface area contributed by atoms with Crippen LogP contribution in [0.4, 0.5) is 4.39 Å². The largest absolute Gasteiger partial charge is 0.330 e. The highest BCUT2D eigenvalue weighted by molar-refractivity contribution is 6.31. The topological polar surface area (TPSA) is 26.0 Å². The van der Waals surface area contributed by atoms with E-state index in [-0.39, 0.29) is 11.7 Å². The Morgan fingerprint density at radius 2 is 2.12 bits per heavy atom. The van der Waals surface area contributed by atoms with E-state index in [1.54, 1.807) is 12.1 Å². The molecule has 0 radical (unpaired) electrons. The van der Waals surface area contributed by atoms with E-state index in [0.717, 1.165) is 25.7 Å². The minimum Gasteiger partial charge on any atom is -0.330 e. The number of hydrogen-bond donors (Lipinski definition) is 1. The third-order valence-electron chi connectivity index (χ3n) is 2.80. The van der Waals surface area contributed by atoms with Gasteiger partial charge in [0.15, 0.2) is 0 Å². The molecule has 0 aromatic heterocycles. The molecule has 0 spiro atoms. The molecule has 0 saturated heterocycles. The molecule has 1 nitrogen and oxygen atoms in total. The van der Waals surface area contributed by atoms with Crippen LogP contribution in [0, 0.1) is 5.82 Å². The van der Waals surface area contributed by atoms with Crippen molar-refractivity contribution in [2.24, 2.45) is 5.73 Å². The van der Waals surface area contributed by atoms with Gasteiger partial charge in [-0.25, -0.2) is 4.39 Å². The highest BCUT2D eigenvalue weighted by atomic mass is 35.5. The predicted molar refractivity (Wildman–Crippen MR) is 67.3 cm³/mol. The van der Waals surface area contributed by atoms with Gasteiger partial charge in [0, 0.05) is 10.6 Å². The highest BCUT2D eigenvalue weighted by Gasteiger charge is 2.17. The Morgan fingerprint density at radius 3 is 2.69 bits per heavy atom. The van der Waals surface area contributed by atoms with Crippen molar-refractivity contribution in [2.75, 3.05) is 6.54 Å². The van der Waals surface area contributed by atoms with E-state index < -0.39 is 0 Å². The summed E-state index contributed by atoms with van der Waals surface area (Å²) in [7, 11) is 0. The van der Waals surface area contributed by atoms with Gasteiger partial charge >= 0.3 is 0 Å². The van der Waals surface area contributed by atoms with Crippen molar-refractivity contribution in [1.29, 1.82) is 0 Å². The minimum atomic E-state index is -0.192. The molecule has 0 bridgehead atoms. The summed E-state index contributed by atoms with van der Waals surface area (Å²) in [6.45, 7) is 2.75. The van der Waals surface area contributed by atoms with Crippen LogP contribution in [0.15, 0.2) is 18.2 Å². The van der Waals surface area contributed by atoms with Gasteiger partial charge in [-0.15, -0.1) is 0 Å². The summed E-state index contributed by atoms with van der Waals surface area (Å²) in [6, 6.07) is 4.88. The third kappa shape index (κ3) is 3.46. The first-order valence-electron chi connectivity index (χ1n) is 5.84. The lowest BCUT2D eigenvalue weighted by molar-refractivity contribution is 0.513. The Morgan fingerprint density at radius 1 is 1.38 bits per heavy atom. The Balaban J connectivity index is 2.90. The molecule has 1 aromatic rings. The van der Waals surface area contributed by atoms with Crippen molar-refractivity contribution in [3.05, 3.63) is 34.6 Å². The van der Waals surface area contributed by atoms with Gasteiger partial charge in [0.1, 0.15) is 5.82 Å². The number of benzene rings is 1. The highest BCUT2D eigenvalue weighted by Crippen LogP contribution is 2.33. The maximum Gasteiger partial charge on any atom is 0.128 e. The van der Waals surface area contributed by atoms with Gasteiger partial charge in [-0.1, -0.05) is 31.0 Å². The molecule has 1 atom stereocenters. The third-order valence-corrected chi connectivity index (χ3v) is 3.13. The van der Waals surface area contributed by atoms with Crippen LogP contribution in [0.3, 0.4) is 0 Å². The Kier molecular flexibility index (Phi) is 5.78. The second kappa shape index (κ2) is 6.87. The molecule has 16 heavy (non-hydrogen) atoms. The maximum atomic E-state index is 13.7. The van der Waals surface area contributed by atoms with Crippen LogP contribution < -0.4 is 5.73 Å². The Labute approximate surface area is 102 Å². The van der Waals surface area contributed by atoms with Gasteiger partial charge in [0.2, 0.25) is 0 Å². The smallest absolute Gasteiger partial charge is 0.128 e. The van der Waals surface area contributed by atoms with Gasteiger partial charge in [-0.05, 0) is 43.9 Å². The van der Waals surface area contributed by atoms with Gasteiger partial charge in [-0.3, -0.25) is 0 Å². The first kappa shape index (κ1) is 13.5. The van der Waals surface area contributed by atoms with Crippen molar-refractivity contribution >= 4 is 11.6 Å². The molecule has 0 aliphatic heterocycles. The monoisotopic (exact) mass is 243 g/mol. The lowest BCUT2D eigenvalue weighted by Crippen LogP contribution is -2.06. The van der Waals surface area contributed by atoms with E-state index in [0.29, 0.717) is 17.1 Å². The molecule has 0 aliphatic carbocycles. The van der Waals surface area contributed by atoms with Crippen molar-refractivity contribution in [2.45, 2.75) is 38.5 Å². The van der Waals surface area contributed by atoms with Crippen LogP contribution in [0.2, 0.25) is 5.02 Å². The van der Waals surface area contributed by atoms with Gasteiger partial charge < -0.3 is 5.73 Å². The molecular weight excluding hydrogens is 225 g/mol. The maximum absolute atomic E-state index is 13.7. The quantitative estimate of drug-likeness (QED) is 0.800. The molecule has 0 fully saturated rings. The zero-order valence-corrected chi connectivity index (χ0v) is 10.4. The van der Waals surface area contributed by atoms with Crippen LogP contribution in [-0.2, 0) is 0 Å². The van der Waals surface area contributed by atoms with E-state index in [9.17, 15) is 4.39 Å². The molecule has 0 heterocycles. The van der Waals surface area contributed by atoms with Gasteiger partial charge in [-0.2, -0.15) is 0 Å². The molecule has 1 rings (SSSR count). The summed E-state index contributed by atoms with van der Waals surface area (Å²) in [4.78, 5) is 0. The first-order chi connectivity index (χ1) is 7.70. The zero-order chi connectivity index (χ0) is 12.0. The molecule has 1 aromatic carbocycles. The zero-order valence-electron chi connectivity index (χ0n) is 9.68. The fourth-order valence-corrected chi connectivity index (χ4v) is 2.36. The molecule has 0 saturated carbocycles. The van der Waals surface area contributed by atoms with Crippen molar-refractivity contribution in [1.82, 2.24) is 0 Å². The summed E-state index contributed by atoms with van der Waals surface area (Å²) in [5, 5.41) is 0.537. The van der Waals surface area contributed by atoms with E-state index in [2.05, 4.69) is 6.92 Å². The normalized spacial score (nSPS) is 12.8. The Bertz CT molecular complexity index is 307. The van der Waals surface area contributed by atoms with E-state index in [1.165, 1.54) is 6.07 Å². The van der Waals surface area contributed by atoms with Crippen LogP contribution in [0.1, 0.15) is 44.1 Å². The molecule has 90 valence electrons. The Hall–Kier alpha value is -0.600. The van der Waals surface area contributed by atoms with E-state index >= 15 is 0 Å². The molecule has 0 aliphatic rings. The SMILES string of the molecule is CCCC(CCCN)c1c(F)cccc1Cl. The predicted octanol–water partition coefficient (Wildman–Crippen LogP) is 4.10. The van der Waals surface area contributed by atoms with Gasteiger partial charge in [0.25, 0.3) is 0 Å². The second-order valence-electron chi connectivity index (χ2n) is 4.05. The second-order valence-corrected chi connectivity index (χ2v) is 4.46. The van der Waals surface area contributed by atoms with Crippen LogP contribution in [0.25, 0.3) is 0 Å². The lowest BCUT2D eigenvalue weighted by atomic mass is 9.90. The van der Waals surface area contributed by atoms with Crippen LogP contribution in [0.5, 0.6) is 0 Å². The first-order valence-corrected chi connectivity index (χ1v) is 6.22. The van der Waals surface area contributed by atoms with Crippen molar-refractivity contribution in [3.8, 4) is 0 Å². The van der Waals surface area contributed by atoms with Crippen LogP contribution >= 0.6 is 11.6 Å². The molecular formula is C13H19ClFN. The number of halogens is 2. The summed E-state index contributed by atoms with van der Waals surface area (Å²) in [6.07, 6.45) is 3.81. The summed E-state index contributed by atoms with van der Waals surface area (Å²) in [5.74, 6) is 0.00483. The average molecular weight is 244 g/mol. The average Bonchev–Trinajstić information content (AvgIpc) is 2.25. The fraction of sp³-hybridized carbons (Fsp3) is 0.538. The summed E-state index contributed by atoms with van der Waals surface area (Å²) in [5.41, 5.74) is 6.17. The molecule has 2 N–H and O–H groups in total. The lowest BCUT2D eigenvalue weighted by Gasteiger charge is -2.18. The summed E-state index contributed by atoms with van der Waals surface area (Å²) < 4.78 is 13.7. The molecule has 0 amide bonds. The number of rotatable bonds is 6. The standard InChI is InChI=1S/C13H19ClFN/c1-2-5-10(6-4-9-16)13-11(14)7-3-8-12(13)15/h3,7-8,10H,2,4-6,9,16H2,1H3. The van der Waals surface area contributed by atoms with Crippen molar-refractivity contribution in [3.63, 3.8) is 0 Å². The van der Waals surface area contributed by atoms with E-state index in [1.807, 2.05) is 0 Å². The fourth-order valence-electron chi connectivity index (χ4n) is 2.05. The van der Waals surface area contributed by atoms with Crippen molar-refractivity contribution < 1.29 is 4.39 Å². The summed E-state index contributed by atoms with van der Waals surface area (Å²) >= 11 is 6.07. The van der Waals surface area contributed by atoms with Gasteiger partial charge in [0.05, 0.1) is 0 Å². The van der Waals surface area contributed by atoms with E-state index in [4.69, 9.17) is 17.3 Å². The van der Waals surface area contributed by atoms with Crippen LogP contribution in [-0.4, -0.2) is 6.54 Å². The number of nitrogens with two attached hydrogens (primary N) is 1.